The topological polar surface area (TPSA) is 61.4 Å². The molecule has 0 saturated heterocycles. The van der Waals surface area contributed by atoms with Gasteiger partial charge in [-0.25, -0.2) is 9.67 Å². The molecule has 3 rings (SSSR count). The zero-order chi connectivity index (χ0) is 15.0. The number of ether oxygens (including phenoxy) is 1. The number of halogens is 1. The Morgan fingerprint density at radius 1 is 1.33 bits per heavy atom. The third kappa shape index (κ3) is 2.81. The highest BCUT2D eigenvalue weighted by molar-refractivity contribution is 7.06. The summed E-state index contributed by atoms with van der Waals surface area (Å²) in [4.78, 5) is 21.6. The average molecular weight is 327 g/mol. The average Bonchev–Trinajstić information content (AvgIpc) is 2.64. The van der Waals surface area contributed by atoms with Crippen LogP contribution in [-0.2, 0) is 17.8 Å². The van der Waals surface area contributed by atoms with E-state index in [1.807, 2.05) is 24.6 Å². The zero-order valence-corrected chi connectivity index (χ0v) is 13.4. The maximum absolute atomic E-state index is 12.0. The summed E-state index contributed by atoms with van der Waals surface area (Å²) in [7, 11) is 0. The van der Waals surface area contributed by atoms with Gasteiger partial charge in [-0.15, -0.1) is 0 Å². The molecule has 1 aliphatic heterocycles. The first-order valence-electron chi connectivity index (χ1n) is 6.63. The minimum absolute atomic E-state index is 0.0254. The van der Waals surface area contributed by atoms with Gasteiger partial charge in [0.2, 0.25) is 4.80 Å². The van der Waals surface area contributed by atoms with E-state index in [2.05, 4.69) is 9.98 Å². The lowest BCUT2D eigenvalue weighted by atomic mass is 10.2. The molecule has 0 atom stereocenters. The van der Waals surface area contributed by atoms with Gasteiger partial charge in [0.15, 0.2) is 5.82 Å². The minimum Gasteiger partial charge on any atom is -0.378 e. The Kier molecular flexibility index (Phi) is 3.97. The van der Waals surface area contributed by atoms with Crippen molar-refractivity contribution in [2.24, 2.45) is 4.99 Å². The monoisotopic (exact) mass is 326 g/mol. The maximum Gasteiger partial charge on any atom is 0.325 e. The van der Waals surface area contributed by atoms with Crippen LogP contribution in [0.1, 0.15) is 11.3 Å². The lowest BCUT2D eigenvalue weighted by Gasteiger charge is -2.05. The van der Waals surface area contributed by atoms with E-state index in [1.165, 1.54) is 0 Å². The highest BCUT2D eigenvalue weighted by Gasteiger charge is 2.12. The summed E-state index contributed by atoms with van der Waals surface area (Å²) in [6.07, 6.45) is 0. The van der Waals surface area contributed by atoms with Crippen LogP contribution in [0.25, 0.3) is 0 Å². The van der Waals surface area contributed by atoms with E-state index >= 15 is 0 Å². The first-order valence-corrected chi connectivity index (χ1v) is 7.82. The molecule has 6 nitrogen and oxygen atoms in total. The fourth-order valence-electron chi connectivity index (χ4n) is 2.16. The molecule has 0 unspecified atom stereocenters. The molecule has 8 heteroatoms. The van der Waals surface area contributed by atoms with Crippen molar-refractivity contribution in [1.29, 1.82) is 0 Å². The molecular formula is C13H15ClN4O2S. The first-order chi connectivity index (χ1) is 10.1. The van der Waals surface area contributed by atoms with E-state index < -0.39 is 0 Å². The third-order valence-electron chi connectivity index (χ3n) is 3.31. The molecule has 0 radical (unpaired) electrons. The second-order valence-electron chi connectivity index (χ2n) is 4.82. The van der Waals surface area contributed by atoms with Gasteiger partial charge in [-0.1, -0.05) is 11.6 Å². The normalized spacial score (nSPS) is 15.9. The summed E-state index contributed by atoms with van der Waals surface area (Å²) in [5.74, 6) is 0.596. The zero-order valence-electron chi connectivity index (χ0n) is 11.8. The van der Waals surface area contributed by atoms with E-state index in [-0.39, 0.29) is 4.87 Å². The fraction of sp³-hybridized carbons (Fsp3) is 0.462. The van der Waals surface area contributed by atoms with Crippen molar-refractivity contribution in [2.45, 2.75) is 26.9 Å². The van der Waals surface area contributed by atoms with Crippen LogP contribution in [0, 0.1) is 13.8 Å². The van der Waals surface area contributed by atoms with Crippen molar-refractivity contribution in [3.05, 3.63) is 36.8 Å². The van der Waals surface area contributed by atoms with Crippen LogP contribution in [-0.4, -0.2) is 27.6 Å². The Labute approximate surface area is 130 Å². The van der Waals surface area contributed by atoms with Crippen LogP contribution in [0.3, 0.4) is 0 Å². The molecule has 0 N–H and O–H groups in total. The largest absolute Gasteiger partial charge is 0.378 e. The van der Waals surface area contributed by atoms with Crippen LogP contribution >= 0.6 is 22.9 Å². The molecule has 0 aromatic carbocycles. The number of nitrogens with zero attached hydrogens (tertiary/aromatic N) is 4. The van der Waals surface area contributed by atoms with Gasteiger partial charge in [-0.2, -0.15) is 4.99 Å². The molecule has 2 aromatic rings. The van der Waals surface area contributed by atoms with Gasteiger partial charge in [-0.3, -0.25) is 9.48 Å². The second kappa shape index (κ2) is 5.75. The second-order valence-corrected chi connectivity index (χ2v) is 6.14. The summed E-state index contributed by atoms with van der Waals surface area (Å²) in [6, 6.07) is 1.84. The van der Waals surface area contributed by atoms with Crippen LogP contribution in [0.15, 0.2) is 15.9 Å². The predicted molar refractivity (Wildman–Crippen MR) is 81.3 cm³/mol. The lowest BCUT2D eigenvalue weighted by molar-refractivity contribution is 0.137. The molecule has 2 aromatic heterocycles. The Balaban J connectivity index is 2.17. The fourth-order valence-corrected chi connectivity index (χ4v) is 3.25. The number of hydrogen-bond donors (Lipinski definition) is 0. The van der Waals surface area contributed by atoms with E-state index in [0.29, 0.717) is 41.9 Å². The van der Waals surface area contributed by atoms with E-state index in [0.717, 1.165) is 22.6 Å². The van der Waals surface area contributed by atoms with Crippen LogP contribution in [0.4, 0.5) is 5.82 Å². The Bertz CT molecular complexity index is 805. The molecule has 112 valence electrons. The van der Waals surface area contributed by atoms with Crippen molar-refractivity contribution in [1.82, 2.24) is 14.3 Å². The summed E-state index contributed by atoms with van der Waals surface area (Å²) >= 11 is 7.18. The molecule has 0 amide bonds. The smallest absolute Gasteiger partial charge is 0.325 e. The van der Waals surface area contributed by atoms with Crippen LogP contribution < -0.4 is 9.67 Å². The molecule has 0 saturated carbocycles. The van der Waals surface area contributed by atoms with Gasteiger partial charge in [0.05, 0.1) is 37.0 Å². The number of hydrogen-bond acceptors (Lipinski definition) is 5. The van der Waals surface area contributed by atoms with Gasteiger partial charge in [0.1, 0.15) is 0 Å². The van der Waals surface area contributed by atoms with Crippen molar-refractivity contribution >= 4 is 28.8 Å². The number of aromatic nitrogens is 3. The van der Waals surface area contributed by atoms with Crippen molar-refractivity contribution < 1.29 is 4.74 Å². The number of rotatable bonds is 1. The molecule has 3 heterocycles. The van der Waals surface area contributed by atoms with Crippen molar-refractivity contribution in [3.8, 4) is 0 Å². The van der Waals surface area contributed by atoms with E-state index in [9.17, 15) is 4.79 Å². The summed E-state index contributed by atoms with van der Waals surface area (Å²) in [5, 5.41) is 0.622. The molecule has 0 fully saturated rings. The van der Waals surface area contributed by atoms with Crippen LogP contribution in [0.5, 0.6) is 0 Å². The highest BCUT2D eigenvalue weighted by Crippen LogP contribution is 2.22. The maximum atomic E-state index is 12.0. The van der Waals surface area contributed by atoms with E-state index in [4.69, 9.17) is 16.3 Å². The minimum atomic E-state index is -0.0254. The molecular weight excluding hydrogens is 312 g/mol. The Hall–Kier alpha value is -1.44. The van der Waals surface area contributed by atoms with Crippen molar-refractivity contribution in [3.63, 3.8) is 0 Å². The molecule has 0 aliphatic carbocycles. The summed E-state index contributed by atoms with van der Waals surface area (Å²) in [5.41, 5.74) is 1.61. The van der Waals surface area contributed by atoms with Gasteiger partial charge in [0.25, 0.3) is 0 Å². The lowest BCUT2D eigenvalue weighted by Crippen LogP contribution is -2.27. The van der Waals surface area contributed by atoms with Crippen molar-refractivity contribution in [2.75, 3.05) is 13.2 Å². The van der Waals surface area contributed by atoms with Crippen LogP contribution in [0.2, 0.25) is 5.02 Å². The number of pyridine rings is 1. The van der Waals surface area contributed by atoms with Gasteiger partial charge >= 0.3 is 4.87 Å². The predicted octanol–water partition coefficient (Wildman–Crippen LogP) is 1.64. The highest BCUT2D eigenvalue weighted by atomic mass is 35.5. The van der Waals surface area contributed by atoms with Gasteiger partial charge in [-0.05, 0) is 36.8 Å². The number of fused-ring (bicyclic) bond motifs is 1. The summed E-state index contributed by atoms with van der Waals surface area (Å²) < 4.78 is 8.94. The first kappa shape index (κ1) is 14.5. The third-order valence-corrected chi connectivity index (χ3v) is 4.57. The Morgan fingerprint density at radius 2 is 2.05 bits per heavy atom. The van der Waals surface area contributed by atoms with Gasteiger partial charge < -0.3 is 4.74 Å². The molecule has 1 aliphatic rings. The number of aryl methyl sites for hydroxylation is 2. The molecule has 21 heavy (non-hydrogen) atoms. The Morgan fingerprint density at radius 3 is 2.81 bits per heavy atom. The quantitative estimate of drug-likeness (QED) is 0.800. The molecule has 0 bridgehead atoms. The van der Waals surface area contributed by atoms with Gasteiger partial charge in [0, 0.05) is 0 Å². The van der Waals surface area contributed by atoms with E-state index in [1.54, 1.807) is 4.68 Å². The standard InChI is InChI=1S/C13H15ClN4O2S/c1-8-7-10(14)9(2)15-11(8)16-12-17-3-5-20-6-4-18(17)13(19)21-12/h7H,3-6H2,1-2H3. The summed E-state index contributed by atoms with van der Waals surface area (Å²) in [6.45, 7) is 6.04. The molecule has 0 spiro atoms. The SMILES string of the molecule is Cc1cc(Cl)c(C)nc1N=c1sc(=O)n2n1CCOCC2.